The molecule has 3 rings (SSSR count). The molecule has 0 aliphatic carbocycles. The summed E-state index contributed by atoms with van der Waals surface area (Å²) < 4.78 is 11.3. The number of rotatable bonds is 10. The average Bonchev–Trinajstić information content (AvgIpc) is 3.06. The molecule has 1 aliphatic heterocycles. The van der Waals surface area contributed by atoms with Crippen LogP contribution in [0.25, 0.3) is 5.76 Å². The molecule has 2 N–H and O–H groups in total. The highest BCUT2D eigenvalue weighted by molar-refractivity contribution is 6.46. The summed E-state index contributed by atoms with van der Waals surface area (Å²) in [5, 5.41) is 21.5. The number of ketones is 1. The number of aliphatic hydroxyl groups excluding tert-OH is 1. The lowest BCUT2D eigenvalue weighted by molar-refractivity contribution is -0.139. The molecule has 2 aromatic rings. The van der Waals surface area contributed by atoms with Gasteiger partial charge in [0.15, 0.2) is 11.5 Å². The fourth-order valence-electron chi connectivity index (χ4n) is 4.30. The van der Waals surface area contributed by atoms with E-state index in [9.17, 15) is 19.8 Å². The van der Waals surface area contributed by atoms with Crippen molar-refractivity contribution in [2.24, 2.45) is 0 Å². The summed E-state index contributed by atoms with van der Waals surface area (Å²) in [5.74, 6) is -0.694. The number of benzene rings is 2. The van der Waals surface area contributed by atoms with Crippen molar-refractivity contribution < 1.29 is 29.3 Å². The van der Waals surface area contributed by atoms with Crippen LogP contribution in [0.2, 0.25) is 0 Å². The van der Waals surface area contributed by atoms with E-state index in [1.165, 1.54) is 11.0 Å². The zero-order valence-electron chi connectivity index (χ0n) is 21.1. The minimum atomic E-state index is -0.793. The Bertz CT molecular complexity index is 1120. The number of hydrogen-bond donors (Lipinski definition) is 2. The monoisotopic (exact) mass is 481 g/mol. The van der Waals surface area contributed by atoms with Crippen LogP contribution in [0, 0.1) is 6.92 Å². The van der Waals surface area contributed by atoms with E-state index in [0.717, 1.165) is 24.8 Å². The number of aliphatic hydroxyl groups is 1. The summed E-state index contributed by atoms with van der Waals surface area (Å²) in [5.41, 5.74) is 1.84. The van der Waals surface area contributed by atoms with Crippen molar-refractivity contribution in [2.45, 2.75) is 66.0 Å². The van der Waals surface area contributed by atoms with E-state index in [-0.39, 0.29) is 28.9 Å². The van der Waals surface area contributed by atoms with Gasteiger partial charge in [-0.1, -0.05) is 25.8 Å². The van der Waals surface area contributed by atoms with Crippen molar-refractivity contribution in [1.29, 1.82) is 0 Å². The lowest BCUT2D eigenvalue weighted by atomic mass is 9.94. The van der Waals surface area contributed by atoms with Crippen LogP contribution in [0.4, 0.5) is 0 Å². The topological polar surface area (TPSA) is 96.3 Å². The number of Topliss-reactive ketones (excluding diaryl/α,β-unsaturated/α-hetero) is 1. The molecule has 0 radical (unpaired) electrons. The third kappa shape index (κ3) is 5.61. The van der Waals surface area contributed by atoms with Gasteiger partial charge in [0, 0.05) is 12.1 Å². The van der Waals surface area contributed by atoms with Crippen LogP contribution in [0.5, 0.6) is 17.2 Å². The minimum absolute atomic E-state index is 0.00405. The standard InChI is InChI=1S/C28H35NO6/c1-6-8-9-14-29-25(19-10-12-21(30)23(16-19)34-7-2)24(27(32)28(29)33)26(31)20-11-13-22(18(5)15-20)35-17(3)4/h10-13,15-17,25,30-31H,6-9,14H2,1-5H3/b26-24-. The van der Waals surface area contributed by atoms with Crippen molar-refractivity contribution >= 4 is 17.4 Å². The SMILES string of the molecule is CCCCCN1C(=O)C(=O)/C(=C(\O)c2ccc(OC(C)C)c(C)c2)C1c1ccc(O)c(OCC)c1. The molecule has 1 unspecified atom stereocenters. The molecule has 1 fully saturated rings. The van der Waals surface area contributed by atoms with Crippen LogP contribution in [0.3, 0.4) is 0 Å². The Kier molecular flexibility index (Phi) is 8.43. The van der Waals surface area contributed by atoms with Crippen LogP contribution in [-0.2, 0) is 9.59 Å². The van der Waals surface area contributed by atoms with E-state index in [2.05, 4.69) is 6.92 Å². The van der Waals surface area contributed by atoms with Gasteiger partial charge in [0.1, 0.15) is 11.5 Å². The van der Waals surface area contributed by atoms with E-state index in [0.29, 0.717) is 30.0 Å². The summed E-state index contributed by atoms with van der Waals surface area (Å²) in [6, 6.07) is 9.15. The van der Waals surface area contributed by atoms with E-state index in [4.69, 9.17) is 9.47 Å². The average molecular weight is 482 g/mol. The smallest absolute Gasteiger partial charge is 0.295 e. The van der Waals surface area contributed by atoms with Gasteiger partial charge < -0.3 is 24.6 Å². The number of ether oxygens (including phenoxy) is 2. The summed E-state index contributed by atoms with van der Waals surface area (Å²) in [6.07, 6.45) is 2.60. The van der Waals surface area contributed by atoms with Gasteiger partial charge in [0.05, 0.1) is 24.3 Å². The molecule has 188 valence electrons. The van der Waals surface area contributed by atoms with Gasteiger partial charge in [-0.2, -0.15) is 0 Å². The third-order valence-corrected chi connectivity index (χ3v) is 5.95. The van der Waals surface area contributed by atoms with Crippen molar-refractivity contribution in [3.8, 4) is 17.2 Å². The Balaban J connectivity index is 2.13. The van der Waals surface area contributed by atoms with Crippen molar-refractivity contribution in [2.75, 3.05) is 13.2 Å². The Hall–Kier alpha value is -3.48. The molecule has 7 heteroatoms. The summed E-state index contributed by atoms with van der Waals surface area (Å²) >= 11 is 0. The number of nitrogens with zero attached hydrogens (tertiary/aromatic N) is 1. The molecule has 0 bridgehead atoms. The largest absolute Gasteiger partial charge is 0.507 e. The predicted molar refractivity (Wildman–Crippen MR) is 135 cm³/mol. The predicted octanol–water partition coefficient (Wildman–Crippen LogP) is 5.50. The van der Waals surface area contributed by atoms with Gasteiger partial charge in [-0.15, -0.1) is 0 Å². The first-order valence-electron chi connectivity index (χ1n) is 12.2. The van der Waals surface area contributed by atoms with Crippen LogP contribution in [0.15, 0.2) is 42.0 Å². The molecule has 2 aromatic carbocycles. The second-order valence-corrected chi connectivity index (χ2v) is 9.01. The van der Waals surface area contributed by atoms with Gasteiger partial charge in [0.25, 0.3) is 11.7 Å². The molecule has 1 amide bonds. The van der Waals surface area contributed by atoms with E-state index in [1.54, 1.807) is 37.3 Å². The lowest BCUT2D eigenvalue weighted by Gasteiger charge is -2.26. The Morgan fingerprint density at radius 3 is 2.43 bits per heavy atom. The first kappa shape index (κ1) is 26.1. The Morgan fingerprint density at radius 1 is 1.06 bits per heavy atom. The molecule has 35 heavy (non-hydrogen) atoms. The number of hydrogen-bond acceptors (Lipinski definition) is 6. The van der Waals surface area contributed by atoms with Crippen molar-refractivity contribution in [3.63, 3.8) is 0 Å². The van der Waals surface area contributed by atoms with E-state index >= 15 is 0 Å². The van der Waals surface area contributed by atoms with Gasteiger partial charge in [-0.3, -0.25) is 9.59 Å². The fraction of sp³-hybridized carbons (Fsp3) is 0.429. The van der Waals surface area contributed by atoms with Crippen molar-refractivity contribution in [1.82, 2.24) is 4.90 Å². The highest BCUT2D eigenvalue weighted by atomic mass is 16.5. The number of likely N-dealkylation sites (tertiary alicyclic amines) is 1. The first-order valence-corrected chi connectivity index (χ1v) is 12.2. The Morgan fingerprint density at radius 2 is 1.80 bits per heavy atom. The Labute approximate surface area is 207 Å². The number of amides is 1. The van der Waals surface area contributed by atoms with Crippen molar-refractivity contribution in [3.05, 3.63) is 58.7 Å². The number of aryl methyl sites for hydroxylation is 1. The first-order chi connectivity index (χ1) is 16.7. The maximum atomic E-state index is 13.2. The molecule has 7 nitrogen and oxygen atoms in total. The molecular weight excluding hydrogens is 446 g/mol. The zero-order chi connectivity index (χ0) is 25.7. The number of phenols is 1. The number of carbonyl (C=O) groups excluding carboxylic acids is 2. The van der Waals surface area contributed by atoms with Gasteiger partial charge in [-0.05, 0) is 75.6 Å². The van der Waals surface area contributed by atoms with Crippen LogP contribution >= 0.6 is 0 Å². The molecule has 0 aromatic heterocycles. The molecule has 0 saturated carbocycles. The number of aromatic hydroxyl groups is 1. The molecule has 1 atom stereocenters. The lowest BCUT2D eigenvalue weighted by Crippen LogP contribution is -2.30. The highest BCUT2D eigenvalue weighted by Crippen LogP contribution is 2.42. The summed E-state index contributed by atoms with van der Waals surface area (Å²) in [6.45, 7) is 10.3. The van der Waals surface area contributed by atoms with E-state index < -0.39 is 17.7 Å². The van der Waals surface area contributed by atoms with Gasteiger partial charge >= 0.3 is 0 Å². The minimum Gasteiger partial charge on any atom is -0.507 e. The normalized spacial score (nSPS) is 17.3. The molecule has 0 spiro atoms. The van der Waals surface area contributed by atoms with Crippen LogP contribution in [0.1, 0.15) is 69.7 Å². The van der Waals surface area contributed by atoms with E-state index in [1.807, 2.05) is 20.8 Å². The van der Waals surface area contributed by atoms with Crippen LogP contribution in [-0.4, -0.2) is 46.1 Å². The second-order valence-electron chi connectivity index (χ2n) is 9.01. The zero-order valence-corrected chi connectivity index (χ0v) is 21.1. The third-order valence-electron chi connectivity index (χ3n) is 5.95. The number of unbranched alkanes of at least 4 members (excludes halogenated alkanes) is 2. The molecule has 1 heterocycles. The number of phenolic OH excluding ortho intramolecular Hbond substituents is 1. The summed E-state index contributed by atoms with van der Waals surface area (Å²) in [4.78, 5) is 27.8. The molecular formula is C28H35NO6. The van der Waals surface area contributed by atoms with Gasteiger partial charge in [-0.25, -0.2) is 0 Å². The number of carbonyl (C=O) groups is 2. The quantitative estimate of drug-likeness (QED) is 0.201. The second kappa shape index (κ2) is 11.3. The maximum absolute atomic E-state index is 13.2. The summed E-state index contributed by atoms with van der Waals surface area (Å²) in [7, 11) is 0. The highest BCUT2D eigenvalue weighted by Gasteiger charge is 2.46. The maximum Gasteiger partial charge on any atom is 0.295 e. The fourth-order valence-corrected chi connectivity index (χ4v) is 4.30. The van der Waals surface area contributed by atoms with Crippen LogP contribution < -0.4 is 9.47 Å². The van der Waals surface area contributed by atoms with Gasteiger partial charge in [0.2, 0.25) is 0 Å². The molecule has 1 aliphatic rings. The molecule has 1 saturated heterocycles.